The van der Waals surface area contributed by atoms with E-state index in [1.165, 1.54) is 50.5 Å². The summed E-state index contributed by atoms with van der Waals surface area (Å²) in [7, 11) is 1.75. The van der Waals surface area contributed by atoms with Crippen LogP contribution in [0.1, 0.15) is 56.6 Å². The third-order valence-corrected chi connectivity index (χ3v) is 5.74. The molecule has 1 saturated heterocycles. The van der Waals surface area contributed by atoms with Crippen LogP contribution in [0.15, 0.2) is 24.3 Å². The van der Waals surface area contributed by atoms with E-state index in [4.69, 9.17) is 17.0 Å². The first kappa shape index (κ1) is 18.5. The van der Waals surface area contributed by atoms with Crippen molar-refractivity contribution < 1.29 is 4.74 Å². The predicted octanol–water partition coefficient (Wildman–Crippen LogP) is 3.63. The number of thiocarbonyl (C=S) groups is 1. The van der Waals surface area contributed by atoms with Crippen molar-refractivity contribution in [3.8, 4) is 5.75 Å². The molecule has 0 amide bonds. The molecule has 1 aliphatic heterocycles. The van der Waals surface area contributed by atoms with Crippen molar-refractivity contribution in [1.82, 2.24) is 15.5 Å². The Hall–Kier alpha value is -1.33. The second-order valence-electron chi connectivity index (χ2n) is 7.19. The van der Waals surface area contributed by atoms with Crippen LogP contribution in [0.3, 0.4) is 0 Å². The van der Waals surface area contributed by atoms with E-state index >= 15 is 0 Å². The summed E-state index contributed by atoms with van der Waals surface area (Å²) < 4.78 is 5.61. The summed E-state index contributed by atoms with van der Waals surface area (Å²) in [4.78, 5) is 2.55. The molecule has 0 spiro atoms. The number of methoxy groups -OCH3 is 1. The van der Waals surface area contributed by atoms with Gasteiger partial charge in [0.25, 0.3) is 0 Å². The molecule has 1 saturated carbocycles. The average Bonchev–Trinajstić information content (AvgIpc) is 3.17. The Labute approximate surface area is 157 Å². The van der Waals surface area contributed by atoms with Crippen LogP contribution in [0.5, 0.6) is 5.75 Å². The molecule has 2 aliphatic rings. The number of likely N-dealkylation sites (tertiary alicyclic amines) is 1. The average molecular weight is 362 g/mol. The highest BCUT2D eigenvalue weighted by Gasteiger charge is 2.26. The minimum absolute atomic E-state index is 0.296. The molecule has 1 aromatic rings. The SMILES string of the molecule is COc1ccccc1C(CNC(=S)NC1CCCCC1)N1CCCC1. The van der Waals surface area contributed by atoms with Gasteiger partial charge in [0.05, 0.1) is 13.2 Å². The maximum atomic E-state index is 5.61. The first-order valence-corrected chi connectivity index (χ1v) is 10.1. The van der Waals surface area contributed by atoms with Gasteiger partial charge in [-0.3, -0.25) is 4.90 Å². The molecule has 3 rings (SSSR count). The van der Waals surface area contributed by atoms with Gasteiger partial charge in [0, 0.05) is 18.2 Å². The van der Waals surface area contributed by atoms with Gasteiger partial charge in [-0.15, -0.1) is 0 Å². The zero-order valence-corrected chi connectivity index (χ0v) is 16.1. The normalized spacial score (nSPS) is 20.2. The van der Waals surface area contributed by atoms with E-state index in [-0.39, 0.29) is 0 Å². The van der Waals surface area contributed by atoms with Gasteiger partial charge in [-0.2, -0.15) is 0 Å². The molecule has 138 valence electrons. The second-order valence-corrected chi connectivity index (χ2v) is 7.60. The quantitative estimate of drug-likeness (QED) is 0.757. The highest BCUT2D eigenvalue weighted by molar-refractivity contribution is 7.80. The smallest absolute Gasteiger partial charge is 0.166 e. The Morgan fingerprint density at radius 2 is 1.88 bits per heavy atom. The highest BCUT2D eigenvalue weighted by atomic mass is 32.1. The van der Waals surface area contributed by atoms with Gasteiger partial charge in [0.1, 0.15) is 5.75 Å². The number of hydrogen-bond acceptors (Lipinski definition) is 3. The molecule has 25 heavy (non-hydrogen) atoms. The van der Waals surface area contributed by atoms with Crippen LogP contribution >= 0.6 is 12.2 Å². The van der Waals surface area contributed by atoms with Crippen LogP contribution in [0.4, 0.5) is 0 Å². The van der Waals surface area contributed by atoms with Crippen molar-refractivity contribution in [3.05, 3.63) is 29.8 Å². The fourth-order valence-corrected chi connectivity index (χ4v) is 4.35. The molecular formula is C20H31N3OS. The van der Waals surface area contributed by atoms with Crippen LogP contribution in [0.25, 0.3) is 0 Å². The van der Waals surface area contributed by atoms with Crippen molar-refractivity contribution in [2.24, 2.45) is 0 Å². The van der Waals surface area contributed by atoms with Crippen LogP contribution in [-0.4, -0.2) is 42.8 Å². The molecule has 5 heteroatoms. The molecule has 1 aromatic carbocycles. The Balaban J connectivity index is 1.62. The van der Waals surface area contributed by atoms with Gasteiger partial charge in [0.15, 0.2) is 5.11 Å². The van der Waals surface area contributed by atoms with Crippen molar-refractivity contribution >= 4 is 17.3 Å². The van der Waals surface area contributed by atoms with E-state index in [1.807, 2.05) is 6.07 Å². The Kier molecular flexibility index (Phi) is 6.93. The number of nitrogens with one attached hydrogen (secondary N) is 2. The second kappa shape index (κ2) is 9.39. The van der Waals surface area contributed by atoms with Gasteiger partial charge in [-0.05, 0) is 57.1 Å². The largest absolute Gasteiger partial charge is 0.496 e. The lowest BCUT2D eigenvalue weighted by molar-refractivity contribution is 0.239. The monoisotopic (exact) mass is 361 g/mol. The molecule has 0 bridgehead atoms. The zero-order chi connectivity index (χ0) is 17.5. The van der Waals surface area contributed by atoms with Crippen molar-refractivity contribution in [1.29, 1.82) is 0 Å². The van der Waals surface area contributed by atoms with Crippen LogP contribution in [0.2, 0.25) is 0 Å². The Morgan fingerprint density at radius 3 is 2.60 bits per heavy atom. The summed E-state index contributed by atoms with van der Waals surface area (Å²) in [5.74, 6) is 0.965. The number of benzene rings is 1. The van der Waals surface area contributed by atoms with Crippen LogP contribution in [0, 0.1) is 0 Å². The van der Waals surface area contributed by atoms with Crippen molar-refractivity contribution in [3.63, 3.8) is 0 Å². The number of para-hydroxylation sites is 1. The lowest BCUT2D eigenvalue weighted by Gasteiger charge is -2.30. The maximum Gasteiger partial charge on any atom is 0.166 e. The summed E-state index contributed by atoms with van der Waals surface area (Å²) >= 11 is 5.57. The number of nitrogens with zero attached hydrogens (tertiary/aromatic N) is 1. The molecule has 0 aromatic heterocycles. The first-order chi connectivity index (χ1) is 12.3. The molecule has 1 heterocycles. The van der Waals surface area contributed by atoms with E-state index in [2.05, 4.69) is 33.7 Å². The van der Waals surface area contributed by atoms with Gasteiger partial charge >= 0.3 is 0 Å². The van der Waals surface area contributed by atoms with Gasteiger partial charge in [-0.1, -0.05) is 37.5 Å². The molecule has 2 fully saturated rings. The third kappa shape index (κ3) is 5.08. The predicted molar refractivity (Wildman–Crippen MR) is 107 cm³/mol. The molecule has 1 aliphatic carbocycles. The topological polar surface area (TPSA) is 36.5 Å². The summed E-state index contributed by atoms with van der Waals surface area (Å²) in [6.07, 6.45) is 9.03. The molecule has 2 N–H and O–H groups in total. The lowest BCUT2D eigenvalue weighted by Crippen LogP contribution is -2.45. The van der Waals surface area contributed by atoms with Crippen molar-refractivity contribution in [2.75, 3.05) is 26.7 Å². The van der Waals surface area contributed by atoms with E-state index in [1.54, 1.807) is 7.11 Å². The molecule has 4 nitrogen and oxygen atoms in total. The fraction of sp³-hybridized carbons (Fsp3) is 0.650. The Morgan fingerprint density at radius 1 is 1.16 bits per heavy atom. The Bertz CT molecular complexity index is 554. The van der Waals surface area contributed by atoms with Gasteiger partial charge < -0.3 is 15.4 Å². The molecule has 1 atom stereocenters. The summed E-state index contributed by atoms with van der Waals surface area (Å²) in [6, 6.07) is 9.21. The minimum Gasteiger partial charge on any atom is -0.496 e. The van der Waals surface area contributed by atoms with E-state index in [0.29, 0.717) is 12.1 Å². The molecular weight excluding hydrogens is 330 g/mol. The van der Waals surface area contributed by atoms with Gasteiger partial charge in [-0.25, -0.2) is 0 Å². The summed E-state index contributed by atoms with van der Waals surface area (Å²) in [6.45, 7) is 3.11. The summed E-state index contributed by atoms with van der Waals surface area (Å²) in [5.41, 5.74) is 1.25. The highest BCUT2D eigenvalue weighted by Crippen LogP contribution is 2.31. The molecule has 1 unspecified atom stereocenters. The van der Waals surface area contributed by atoms with E-state index in [9.17, 15) is 0 Å². The number of rotatable bonds is 6. The zero-order valence-electron chi connectivity index (χ0n) is 15.3. The van der Waals surface area contributed by atoms with Crippen LogP contribution < -0.4 is 15.4 Å². The lowest BCUT2D eigenvalue weighted by atomic mass is 9.96. The third-order valence-electron chi connectivity index (χ3n) is 5.48. The van der Waals surface area contributed by atoms with E-state index < -0.39 is 0 Å². The fourth-order valence-electron chi connectivity index (χ4n) is 4.10. The number of ether oxygens (including phenoxy) is 1. The standard InChI is InChI=1S/C20H31N3OS/c1-24-19-12-6-5-11-17(19)18(23-13-7-8-14-23)15-21-20(25)22-16-9-3-2-4-10-16/h5-6,11-12,16,18H,2-4,7-10,13-15H2,1H3,(H2,21,22,25). The minimum atomic E-state index is 0.296. The maximum absolute atomic E-state index is 5.61. The number of hydrogen-bond donors (Lipinski definition) is 2. The first-order valence-electron chi connectivity index (χ1n) is 9.69. The van der Waals surface area contributed by atoms with E-state index in [0.717, 1.165) is 30.5 Å². The summed E-state index contributed by atoms with van der Waals surface area (Å²) in [5, 5.41) is 7.79. The van der Waals surface area contributed by atoms with Crippen molar-refractivity contribution in [2.45, 2.75) is 57.0 Å². The van der Waals surface area contributed by atoms with Crippen LogP contribution in [-0.2, 0) is 0 Å². The molecule has 0 radical (unpaired) electrons. The van der Waals surface area contributed by atoms with Gasteiger partial charge in [0.2, 0.25) is 0 Å².